The number of imide groups is 1. The number of rotatable bonds is 5. The number of pyridine rings is 2. The van der Waals surface area contributed by atoms with E-state index in [1.807, 2.05) is 31.2 Å². The molecule has 3 rings (SSSR count). The van der Waals surface area contributed by atoms with Crippen LogP contribution in [0.4, 0.5) is 19.8 Å². The van der Waals surface area contributed by atoms with Gasteiger partial charge in [-0.3, -0.25) is 4.98 Å². The van der Waals surface area contributed by atoms with Crippen molar-refractivity contribution in [2.45, 2.75) is 75.9 Å². The Kier molecular flexibility index (Phi) is 9.05. The van der Waals surface area contributed by atoms with Crippen LogP contribution >= 0.6 is 23.4 Å². The van der Waals surface area contributed by atoms with Crippen LogP contribution in [-0.4, -0.2) is 33.4 Å². The molecular formula is C28H31ClFN3O4S. The summed E-state index contributed by atoms with van der Waals surface area (Å²) in [7, 11) is 0. The van der Waals surface area contributed by atoms with Crippen molar-refractivity contribution in [1.29, 1.82) is 0 Å². The van der Waals surface area contributed by atoms with Gasteiger partial charge < -0.3 is 9.47 Å². The largest absolute Gasteiger partial charge is 0.443 e. The normalized spacial score (nSPS) is 11.7. The second kappa shape index (κ2) is 11.7. The predicted molar refractivity (Wildman–Crippen MR) is 146 cm³/mol. The summed E-state index contributed by atoms with van der Waals surface area (Å²) in [6.07, 6.45) is 2.74. The third-order valence-electron chi connectivity index (χ3n) is 5.01. The van der Waals surface area contributed by atoms with Crippen molar-refractivity contribution >= 4 is 41.4 Å². The molecule has 38 heavy (non-hydrogen) atoms. The van der Waals surface area contributed by atoms with Crippen LogP contribution in [0.15, 0.2) is 58.7 Å². The minimum Gasteiger partial charge on any atom is -0.443 e. The van der Waals surface area contributed by atoms with Crippen LogP contribution in [0, 0.1) is 12.7 Å². The number of anilines is 1. The van der Waals surface area contributed by atoms with E-state index in [1.54, 1.807) is 53.9 Å². The number of ether oxygens (including phenoxy) is 2. The van der Waals surface area contributed by atoms with Gasteiger partial charge in [-0.1, -0.05) is 23.4 Å². The van der Waals surface area contributed by atoms with Gasteiger partial charge in [-0.15, -0.1) is 0 Å². The fourth-order valence-corrected chi connectivity index (χ4v) is 4.34. The van der Waals surface area contributed by atoms with Gasteiger partial charge in [-0.2, -0.15) is 4.90 Å². The molecule has 2 heterocycles. The molecule has 1 aromatic carbocycles. The average Bonchev–Trinajstić information content (AvgIpc) is 2.78. The van der Waals surface area contributed by atoms with Crippen molar-refractivity contribution in [3.8, 4) is 0 Å². The van der Waals surface area contributed by atoms with Crippen molar-refractivity contribution in [2.75, 3.05) is 4.90 Å². The summed E-state index contributed by atoms with van der Waals surface area (Å²) in [5.74, 6) is -1.33. The molecule has 0 atom stereocenters. The Balaban J connectivity index is 1.96. The van der Waals surface area contributed by atoms with Crippen LogP contribution in [0.2, 0.25) is 5.02 Å². The first kappa shape index (κ1) is 29.4. The van der Waals surface area contributed by atoms with Crippen LogP contribution in [0.5, 0.6) is 0 Å². The van der Waals surface area contributed by atoms with Crippen molar-refractivity contribution in [3.05, 3.63) is 76.5 Å². The van der Waals surface area contributed by atoms with E-state index in [-0.39, 0.29) is 12.0 Å². The molecule has 0 N–H and O–H groups in total. The molecule has 202 valence electrons. The third-order valence-corrected chi connectivity index (χ3v) is 6.40. The lowest BCUT2D eigenvalue weighted by Gasteiger charge is -2.28. The lowest BCUT2D eigenvalue weighted by atomic mass is 10.0. The van der Waals surface area contributed by atoms with E-state index in [4.69, 9.17) is 21.1 Å². The highest BCUT2D eigenvalue weighted by Gasteiger charge is 2.36. The quantitative estimate of drug-likeness (QED) is 0.313. The number of hydrogen-bond acceptors (Lipinski definition) is 7. The molecule has 3 aromatic rings. The zero-order chi connectivity index (χ0) is 28.3. The fraction of sp³-hybridized carbons (Fsp3) is 0.357. The van der Waals surface area contributed by atoms with Gasteiger partial charge in [-0.05, 0) is 95.5 Å². The van der Waals surface area contributed by atoms with Gasteiger partial charge in [0.2, 0.25) is 0 Å². The lowest BCUT2D eigenvalue weighted by molar-refractivity contribution is 0.0427. The van der Waals surface area contributed by atoms with Crippen LogP contribution in [0.25, 0.3) is 0 Å². The van der Waals surface area contributed by atoms with Gasteiger partial charge >= 0.3 is 12.2 Å². The topological polar surface area (TPSA) is 81.6 Å². The number of benzene rings is 1. The molecule has 2 aromatic heterocycles. The Morgan fingerprint density at radius 2 is 1.53 bits per heavy atom. The second-order valence-corrected chi connectivity index (χ2v) is 12.1. The van der Waals surface area contributed by atoms with E-state index in [9.17, 15) is 9.59 Å². The third kappa shape index (κ3) is 7.91. The van der Waals surface area contributed by atoms with E-state index in [1.165, 1.54) is 24.0 Å². The lowest BCUT2D eigenvalue weighted by Crippen LogP contribution is -2.44. The molecule has 7 nitrogen and oxygen atoms in total. The van der Waals surface area contributed by atoms with Crippen LogP contribution in [0.1, 0.15) is 58.2 Å². The van der Waals surface area contributed by atoms with Crippen molar-refractivity contribution < 1.29 is 23.5 Å². The van der Waals surface area contributed by atoms with Gasteiger partial charge in [0, 0.05) is 39.8 Å². The summed E-state index contributed by atoms with van der Waals surface area (Å²) in [5.41, 5.74) is 0.0629. The van der Waals surface area contributed by atoms with Crippen molar-refractivity contribution in [1.82, 2.24) is 9.97 Å². The highest BCUT2D eigenvalue weighted by molar-refractivity contribution is 7.99. The number of aromatic nitrogens is 2. The molecule has 0 unspecified atom stereocenters. The van der Waals surface area contributed by atoms with Crippen molar-refractivity contribution in [3.63, 3.8) is 0 Å². The van der Waals surface area contributed by atoms with Gasteiger partial charge in [0.15, 0.2) is 11.6 Å². The molecule has 2 amide bonds. The zero-order valence-corrected chi connectivity index (χ0v) is 24.0. The molecule has 0 bridgehead atoms. The number of halogens is 2. The maximum absolute atomic E-state index is 15.9. The number of carbonyl (C=O) groups excluding carboxylic acids is 2. The Hall–Kier alpha value is -3.17. The first-order valence-corrected chi connectivity index (χ1v) is 13.1. The van der Waals surface area contributed by atoms with E-state index in [0.29, 0.717) is 9.92 Å². The Morgan fingerprint density at radius 3 is 2.08 bits per heavy atom. The molecule has 0 aliphatic heterocycles. The molecule has 10 heteroatoms. The van der Waals surface area contributed by atoms with E-state index in [0.717, 1.165) is 20.9 Å². The minimum absolute atomic E-state index is 0.158. The molecular weight excluding hydrogens is 529 g/mol. The summed E-state index contributed by atoms with van der Waals surface area (Å²) in [5, 5.41) is 0.647. The monoisotopic (exact) mass is 559 g/mol. The standard InChI is InChI=1S/C28H31ClFN3O4S/c1-17-19(15-31-16-22(17)38-21-10-8-20(29)9-11-21)14-18-12-13-32-24(23(18)30)33(25(34)36-27(2,3)4)26(35)37-28(5,6)7/h8-13,15-16H,14H2,1-7H3. The Bertz CT molecular complexity index is 1290. The first-order chi connectivity index (χ1) is 17.6. The molecule has 0 radical (unpaired) electrons. The number of nitrogens with zero attached hydrogens (tertiary/aromatic N) is 3. The summed E-state index contributed by atoms with van der Waals surface area (Å²) < 4.78 is 26.6. The second-order valence-electron chi connectivity index (χ2n) is 10.6. The Morgan fingerprint density at radius 1 is 0.947 bits per heavy atom. The molecule has 0 aliphatic rings. The SMILES string of the molecule is Cc1c(Cc2ccnc(N(C(=O)OC(C)(C)C)C(=O)OC(C)(C)C)c2F)cncc1Sc1ccc(Cl)cc1. The van der Waals surface area contributed by atoms with E-state index < -0.39 is 35.0 Å². The number of amides is 2. The van der Waals surface area contributed by atoms with Gasteiger partial charge in [0.05, 0.1) is 0 Å². The number of hydrogen-bond donors (Lipinski definition) is 0. The van der Waals surface area contributed by atoms with Crippen LogP contribution in [-0.2, 0) is 15.9 Å². The summed E-state index contributed by atoms with van der Waals surface area (Å²) in [6, 6.07) is 8.95. The first-order valence-electron chi connectivity index (χ1n) is 11.9. The average molecular weight is 560 g/mol. The van der Waals surface area contributed by atoms with E-state index >= 15 is 4.39 Å². The molecule has 0 saturated carbocycles. The zero-order valence-electron chi connectivity index (χ0n) is 22.5. The molecule has 0 saturated heterocycles. The summed E-state index contributed by atoms with van der Waals surface area (Å²) in [6.45, 7) is 11.8. The maximum atomic E-state index is 15.9. The highest BCUT2D eigenvalue weighted by Crippen LogP contribution is 2.33. The minimum atomic E-state index is -1.09. The Labute approximate surface area is 231 Å². The van der Waals surface area contributed by atoms with Gasteiger partial charge in [-0.25, -0.2) is 19.0 Å². The molecule has 0 fully saturated rings. The number of carbonyl (C=O) groups is 2. The summed E-state index contributed by atoms with van der Waals surface area (Å²) in [4.78, 5) is 36.7. The van der Waals surface area contributed by atoms with E-state index in [2.05, 4.69) is 9.97 Å². The van der Waals surface area contributed by atoms with Crippen LogP contribution < -0.4 is 4.90 Å². The smallest absolute Gasteiger partial charge is 0.425 e. The van der Waals surface area contributed by atoms with Crippen molar-refractivity contribution in [2.24, 2.45) is 0 Å². The predicted octanol–water partition coefficient (Wildman–Crippen LogP) is 8.00. The van der Waals surface area contributed by atoms with Gasteiger partial charge in [0.1, 0.15) is 11.2 Å². The van der Waals surface area contributed by atoms with Crippen LogP contribution in [0.3, 0.4) is 0 Å². The van der Waals surface area contributed by atoms with Gasteiger partial charge in [0.25, 0.3) is 0 Å². The fourth-order valence-electron chi connectivity index (χ4n) is 3.29. The highest BCUT2D eigenvalue weighted by atomic mass is 35.5. The molecule has 0 spiro atoms. The maximum Gasteiger partial charge on any atom is 0.425 e. The summed E-state index contributed by atoms with van der Waals surface area (Å²) >= 11 is 7.51. The molecule has 0 aliphatic carbocycles.